The summed E-state index contributed by atoms with van der Waals surface area (Å²) >= 11 is 6.18. The smallest absolute Gasteiger partial charge is 0.396 e. The van der Waals surface area contributed by atoms with Crippen molar-refractivity contribution >= 4 is 82.5 Å². The molecule has 0 aromatic heterocycles. The van der Waals surface area contributed by atoms with Crippen molar-refractivity contribution in [2.75, 3.05) is 102 Å². The summed E-state index contributed by atoms with van der Waals surface area (Å²) in [6.45, 7) is 5.37. The van der Waals surface area contributed by atoms with E-state index in [0.717, 1.165) is 84.6 Å². The number of benzene rings is 1. The highest BCUT2D eigenvalue weighted by atomic mass is 35.5. The van der Waals surface area contributed by atoms with Gasteiger partial charge in [0.2, 0.25) is 70.9 Å². The summed E-state index contributed by atoms with van der Waals surface area (Å²) in [7, 11) is 9.95. The molecule has 0 unspecified atom stereocenters. The van der Waals surface area contributed by atoms with E-state index in [4.69, 9.17) is 11.6 Å². The van der Waals surface area contributed by atoms with Crippen LogP contribution in [0.3, 0.4) is 0 Å². The minimum atomic E-state index is -4.78. The van der Waals surface area contributed by atoms with Gasteiger partial charge in [0.25, 0.3) is 0 Å². The van der Waals surface area contributed by atoms with Crippen molar-refractivity contribution in [2.45, 2.75) is 243 Å². The number of hydrogen-bond donors (Lipinski definition) is 4. The van der Waals surface area contributed by atoms with Gasteiger partial charge in [0.15, 0.2) is 0 Å². The maximum Gasteiger partial charge on any atom is 0.417 e. The van der Waals surface area contributed by atoms with Gasteiger partial charge in [0, 0.05) is 75.6 Å². The van der Waals surface area contributed by atoms with Gasteiger partial charge >= 0.3 is 6.18 Å². The average Bonchev–Trinajstić information content (AvgIpc) is 1.44. The lowest BCUT2D eigenvalue weighted by Gasteiger charge is -2.43. The molecule has 6 rings (SSSR count). The summed E-state index contributed by atoms with van der Waals surface area (Å²) in [5.41, 5.74) is -2.43. The number of carbonyl (C=O) groups excluding carboxylic acids is 12. The van der Waals surface area contributed by atoms with Gasteiger partial charge in [0.1, 0.15) is 41.8 Å². The number of amides is 12. The molecule has 2 saturated heterocycles. The van der Waals surface area contributed by atoms with Gasteiger partial charge in [0.05, 0.1) is 43.2 Å². The number of nitrogens with one attached hydrogen (secondary N) is 3. The number of alkyl halides is 3. The summed E-state index contributed by atoms with van der Waals surface area (Å²) in [5.74, 6) is -9.11. The molecule has 2 aliphatic heterocycles. The molecule has 7 atom stereocenters. The summed E-state index contributed by atoms with van der Waals surface area (Å²) in [6.07, 6.45) is 7.13. The fraction of sp³-hybridized carbons (Fsp3) is 0.760. The Morgan fingerprint density at radius 2 is 1.23 bits per heavy atom. The molecule has 1 spiro atoms. The number of hydrogen-bond acceptors (Lipinski definition) is 13. The number of halogens is 4. The third-order valence-electron chi connectivity index (χ3n) is 22.3. The molecule has 2 heterocycles. The molecule has 0 bridgehead atoms. The molecule has 3 aliphatic carbocycles. The Bertz CT molecular complexity index is 3140. The van der Waals surface area contributed by atoms with Crippen LogP contribution in [-0.4, -0.2) is 264 Å². The second-order valence-electron chi connectivity index (χ2n) is 30.6. The second kappa shape index (κ2) is 40.0. The van der Waals surface area contributed by atoms with Crippen LogP contribution >= 0.6 is 11.6 Å². The minimum Gasteiger partial charge on any atom is -0.396 e. The van der Waals surface area contributed by atoms with Crippen LogP contribution in [0.4, 0.5) is 13.2 Å². The SMILES string of the molecule is CC[C@H](C)[C@@H]1NC(=O)[C@H](CC(C)C)N(C)C(=O)C[C@@H](C(=O)N2CCCCC2)N(C)C(=O)[C@H](C2CCCCC2)N(C)C(=O)C2(CCCC2)NC(=O)CN(CCCCCO)C(=O)[C@H](CCc2ccc(C(F)(F)F)c(Cl)c2)NC(=O)CN(C)C(=O)[C@H](CC2CCCCC2)N(C)C(=O)CN(C)C(=O)CN(C)C1=O. The van der Waals surface area contributed by atoms with E-state index < -0.39 is 174 Å². The van der Waals surface area contributed by atoms with Gasteiger partial charge in [-0.15, -0.1) is 0 Å². The molecular weight excluding hydrogens is 1370 g/mol. The second-order valence-corrected chi connectivity index (χ2v) is 31.0. The Morgan fingerprint density at radius 1 is 0.635 bits per heavy atom. The topological polar surface area (TPSA) is 290 Å². The summed E-state index contributed by atoms with van der Waals surface area (Å²) in [6, 6.07) is -4.55. The Balaban J connectivity index is 1.46. The zero-order valence-corrected chi connectivity index (χ0v) is 64.2. The van der Waals surface area contributed by atoms with E-state index >= 15 is 28.8 Å². The molecule has 5 fully saturated rings. The van der Waals surface area contributed by atoms with Crippen molar-refractivity contribution in [3.05, 3.63) is 34.3 Å². The first-order valence-electron chi connectivity index (χ1n) is 37.9. The number of carbonyl (C=O) groups is 12. The molecule has 0 radical (unpaired) electrons. The highest BCUT2D eigenvalue weighted by molar-refractivity contribution is 6.31. The van der Waals surface area contributed by atoms with Crippen LogP contribution in [0.15, 0.2) is 18.2 Å². The zero-order chi connectivity index (χ0) is 76.9. The van der Waals surface area contributed by atoms with E-state index in [1.165, 1.54) is 79.9 Å². The molecule has 5 aliphatic rings. The monoisotopic (exact) mass is 1490 g/mol. The number of likely N-dealkylation sites (N-methyl/N-ethyl adjacent to an activating group) is 7. The Labute approximate surface area is 618 Å². The van der Waals surface area contributed by atoms with Crippen molar-refractivity contribution in [2.24, 2.45) is 23.7 Å². The first kappa shape index (κ1) is 85.8. The third-order valence-corrected chi connectivity index (χ3v) is 22.6. The predicted octanol–water partition coefficient (Wildman–Crippen LogP) is 6.42. The number of aliphatic hydroxyl groups is 1. The number of nitrogens with zero attached hydrogens (tertiary/aromatic N) is 9. The van der Waals surface area contributed by atoms with Crippen LogP contribution in [0.1, 0.15) is 199 Å². The normalized spacial score (nSPS) is 25.1. The van der Waals surface area contributed by atoms with Gasteiger partial charge < -0.3 is 65.2 Å². The highest BCUT2D eigenvalue weighted by Crippen LogP contribution is 2.38. The van der Waals surface area contributed by atoms with Crippen LogP contribution in [0.25, 0.3) is 0 Å². The summed E-state index contributed by atoms with van der Waals surface area (Å²) in [4.78, 5) is 191. The molecule has 12 amide bonds. The maximum atomic E-state index is 15.8. The van der Waals surface area contributed by atoms with Crippen molar-refractivity contribution < 1.29 is 75.8 Å². The maximum absolute atomic E-state index is 15.8. The van der Waals surface area contributed by atoms with Gasteiger partial charge in [-0.05, 0) is 131 Å². The summed E-state index contributed by atoms with van der Waals surface area (Å²) in [5, 5.41) is 17.9. The average molecular weight is 1490 g/mol. The van der Waals surface area contributed by atoms with Gasteiger partial charge in [-0.3, -0.25) is 57.5 Å². The van der Waals surface area contributed by atoms with Crippen LogP contribution < -0.4 is 16.0 Å². The van der Waals surface area contributed by atoms with Gasteiger partial charge in [-0.1, -0.05) is 116 Å². The van der Waals surface area contributed by atoms with Gasteiger partial charge in [-0.25, -0.2) is 0 Å². The Kier molecular flexibility index (Phi) is 33.0. The quantitative estimate of drug-likeness (QED) is 0.130. The third kappa shape index (κ3) is 23.4. The zero-order valence-electron chi connectivity index (χ0n) is 63.4. The lowest BCUT2D eigenvalue weighted by Crippen LogP contribution is -2.64. The number of unbranched alkanes of at least 4 members (excludes halogenated alkanes) is 2. The van der Waals surface area contributed by atoms with Crippen LogP contribution in [-0.2, 0) is 70.1 Å². The molecular formula is C75H118ClF3N12O13. The molecule has 3 saturated carbocycles. The van der Waals surface area contributed by atoms with E-state index in [2.05, 4.69) is 16.0 Å². The van der Waals surface area contributed by atoms with Crippen LogP contribution in [0, 0.1) is 23.7 Å². The fourth-order valence-electron chi connectivity index (χ4n) is 15.6. The van der Waals surface area contributed by atoms with Gasteiger partial charge in [-0.2, -0.15) is 13.2 Å². The van der Waals surface area contributed by atoms with E-state index in [0.29, 0.717) is 70.9 Å². The van der Waals surface area contributed by atoms with Crippen molar-refractivity contribution in [3.8, 4) is 0 Å². The number of likely N-dealkylation sites (tertiary alicyclic amines) is 1. The Hall–Kier alpha value is -7.10. The first-order chi connectivity index (χ1) is 49.1. The van der Waals surface area contributed by atoms with E-state index in [1.807, 2.05) is 20.8 Å². The van der Waals surface area contributed by atoms with Crippen molar-refractivity contribution in [1.82, 2.24) is 60.0 Å². The molecule has 584 valence electrons. The van der Waals surface area contributed by atoms with Crippen molar-refractivity contribution in [1.29, 1.82) is 0 Å². The molecule has 4 N–H and O–H groups in total. The first-order valence-corrected chi connectivity index (χ1v) is 38.3. The lowest BCUT2D eigenvalue weighted by molar-refractivity contribution is -0.157. The van der Waals surface area contributed by atoms with E-state index in [9.17, 15) is 47.0 Å². The van der Waals surface area contributed by atoms with E-state index in [-0.39, 0.29) is 75.5 Å². The number of aliphatic hydroxyl groups excluding tert-OH is 1. The largest absolute Gasteiger partial charge is 0.417 e. The number of piperidine rings is 1. The van der Waals surface area contributed by atoms with Crippen molar-refractivity contribution in [3.63, 3.8) is 0 Å². The predicted molar refractivity (Wildman–Crippen MR) is 386 cm³/mol. The highest BCUT2D eigenvalue weighted by Gasteiger charge is 2.50. The number of rotatable bonds is 16. The van der Waals surface area contributed by atoms with E-state index in [1.54, 1.807) is 11.8 Å². The Morgan fingerprint density at radius 3 is 1.83 bits per heavy atom. The molecule has 104 heavy (non-hydrogen) atoms. The van der Waals surface area contributed by atoms with Crippen LogP contribution in [0.5, 0.6) is 0 Å². The minimum absolute atomic E-state index is 0.00130. The molecule has 1 aromatic rings. The molecule has 25 nitrogen and oxygen atoms in total. The van der Waals surface area contributed by atoms with Crippen LogP contribution in [0.2, 0.25) is 5.02 Å². The number of aryl methyl sites for hydroxylation is 1. The lowest BCUT2D eigenvalue weighted by atomic mass is 9.81. The fourth-order valence-corrected chi connectivity index (χ4v) is 15.9. The standard InChI is InChI=1S/C75H118ClF3N12O13/c1-12-50(4)65-71(102)85(7)47-63(96)83(5)48-64(97)87(9)58(43-51-27-17-13-18-28-51)69(100)84(6)45-60(93)80-56(34-32-52-31-33-54(55(76)42-52)75(77,78)79)68(99)91(39-25-16-26-40-92)46-61(94)82-74(35-21-22-36-74)73(104)89(11)66(53-29-19-14-20-30-53)72(103)88(10)59(70(101)90-37-23-15-24-38-90)44-62(95)86(8)57(41-49(2)3)67(98)81-65/h31,33,42,49-51,53,56-59,65-66,92H,12-30,32,34-41,43-48H2,1-11H3,(H,80,93)(H,81,98)(H,82,94)/t50-,56-,57-,58-,59-,65-,66-/m0/s1. The molecule has 1 aromatic carbocycles. The summed E-state index contributed by atoms with van der Waals surface area (Å²) < 4.78 is 41.8. The molecule has 29 heteroatoms.